The largest absolute Gasteiger partial charge is 0.472 e. The summed E-state index contributed by atoms with van der Waals surface area (Å²) < 4.78 is 69.0. The number of ether oxygens (including phenoxy) is 4. The predicted octanol–water partition coefficient (Wildman–Crippen LogP) is 27.6. The molecule has 19 heteroatoms. The van der Waals surface area contributed by atoms with Crippen LogP contribution in [0.4, 0.5) is 0 Å². The Labute approximate surface area is 670 Å². The SMILES string of the molecule is CCCCCCCCCCCC(=O)OC[C@H](COP(=O)(O)OC[C@H](O)COP(=O)(O)OC[C@@H](COC(=O)CCCCCCCCCCCCCCCCCCCCC(C)C)OC(=O)CCCCCCCCCCCCCCCCCCCCC(C)C)OC(=O)CCCCCCCCCCCCCCCCCC(C)C. The summed E-state index contributed by atoms with van der Waals surface area (Å²) in [6.45, 7) is 12.1. The lowest BCUT2D eigenvalue weighted by Crippen LogP contribution is -2.30. The Kier molecular flexibility index (Phi) is 78.5. The summed E-state index contributed by atoms with van der Waals surface area (Å²) in [5.41, 5.74) is 0. The first kappa shape index (κ1) is 107. The maximum absolute atomic E-state index is 13.2. The third-order valence-corrected chi connectivity index (χ3v) is 23.0. The Hall–Kier alpha value is -1.94. The van der Waals surface area contributed by atoms with Gasteiger partial charge >= 0.3 is 39.5 Å². The molecular formula is C90H176O17P2. The number of unbranched alkanes of at least 4 members (excludes halogenated alkanes) is 56. The van der Waals surface area contributed by atoms with E-state index < -0.39 is 97.5 Å². The standard InChI is InChI=1S/C90H176O17P2/c1-8-9-10-11-12-40-50-57-64-71-87(92)100-77-85(106-89(94)74-67-60-53-46-39-33-27-21-24-30-36-43-49-56-63-70-83(6)7)79-104-108(96,97)102-75-84(91)76-103-109(98,99)105-80-86(107-90(95)73-66-59-52-45-38-32-26-20-16-14-18-23-29-35-42-48-55-62-69-82(4)5)78-101-88(93)72-65-58-51-44-37-31-25-19-15-13-17-22-28-34-41-47-54-61-68-81(2)3/h81-86,91H,8-80H2,1-7H3,(H,96,97)(H,98,99)/t84-,85+,86+/m0/s1. The topological polar surface area (TPSA) is 237 Å². The smallest absolute Gasteiger partial charge is 0.462 e. The number of phosphoric ester groups is 2. The highest BCUT2D eigenvalue weighted by atomic mass is 31.2. The van der Waals surface area contributed by atoms with Gasteiger partial charge in [-0.25, -0.2) is 9.13 Å². The van der Waals surface area contributed by atoms with Crippen LogP contribution in [0, 0.1) is 17.8 Å². The molecular weight excluding hydrogens is 1410 g/mol. The molecule has 0 saturated heterocycles. The number of carbonyl (C=O) groups excluding carboxylic acids is 4. The highest BCUT2D eigenvalue weighted by Gasteiger charge is 2.31. The van der Waals surface area contributed by atoms with Crippen molar-refractivity contribution >= 4 is 39.5 Å². The summed E-state index contributed by atoms with van der Waals surface area (Å²) in [5.74, 6) is 0.346. The molecule has 5 atom stereocenters. The molecule has 648 valence electrons. The van der Waals surface area contributed by atoms with E-state index in [0.717, 1.165) is 108 Å². The molecule has 0 spiro atoms. The van der Waals surface area contributed by atoms with E-state index in [-0.39, 0.29) is 25.7 Å². The molecule has 0 aliphatic heterocycles. The van der Waals surface area contributed by atoms with Gasteiger partial charge in [0.05, 0.1) is 26.4 Å². The van der Waals surface area contributed by atoms with Gasteiger partial charge in [0.25, 0.3) is 0 Å². The fourth-order valence-electron chi connectivity index (χ4n) is 14.1. The first-order valence-corrected chi connectivity index (χ1v) is 49.3. The Morgan fingerprint density at radius 2 is 0.422 bits per heavy atom. The lowest BCUT2D eigenvalue weighted by atomic mass is 10.0. The molecule has 0 aromatic carbocycles. The minimum atomic E-state index is -4.97. The predicted molar refractivity (Wildman–Crippen MR) is 451 cm³/mol. The molecule has 2 unspecified atom stereocenters. The molecule has 0 aliphatic rings. The maximum Gasteiger partial charge on any atom is 0.472 e. The van der Waals surface area contributed by atoms with Gasteiger partial charge in [0.1, 0.15) is 19.3 Å². The molecule has 0 rings (SSSR count). The van der Waals surface area contributed by atoms with Crippen LogP contribution in [0.3, 0.4) is 0 Å². The monoisotopic (exact) mass is 1590 g/mol. The van der Waals surface area contributed by atoms with Crippen LogP contribution in [-0.4, -0.2) is 96.7 Å². The highest BCUT2D eigenvalue weighted by Crippen LogP contribution is 2.45. The van der Waals surface area contributed by atoms with Crippen molar-refractivity contribution in [2.24, 2.45) is 17.8 Å². The zero-order valence-corrected chi connectivity index (χ0v) is 73.8. The van der Waals surface area contributed by atoms with Crippen molar-refractivity contribution in [2.75, 3.05) is 39.6 Å². The van der Waals surface area contributed by atoms with Gasteiger partial charge in [0.2, 0.25) is 0 Å². The molecule has 0 saturated carbocycles. The van der Waals surface area contributed by atoms with Gasteiger partial charge in [-0.05, 0) is 43.4 Å². The van der Waals surface area contributed by atoms with Crippen molar-refractivity contribution in [2.45, 2.75) is 497 Å². The minimum Gasteiger partial charge on any atom is -0.462 e. The maximum atomic E-state index is 13.2. The molecule has 109 heavy (non-hydrogen) atoms. The normalized spacial score (nSPS) is 13.8. The van der Waals surface area contributed by atoms with E-state index in [4.69, 9.17) is 37.0 Å². The van der Waals surface area contributed by atoms with Crippen LogP contribution in [0.5, 0.6) is 0 Å². The molecule has 0 aromatic heterocycles. The van der Waals surface area contributed by atoms with Gasteiger partial charge < -0.3 is 33.8 Å². The molecule has 0 heterocycles. The Morgan fingerprint density at radius 1 is 0.248 bits per heavy atom. The summed E-state index contributed by atoms with van der Waals surface area (Å²) in [6, 6.07) is 0. The van der Waals surface area contributed by atoms with E-state index in [1.165, 1.54) is 289 Å². The second-order valence-electron chi connectivity index (χ2n) is 33.8. The Balaban J connectivity index is 5.20. The van der Waals surface area contributed by atoms with Crippen LogP contribution in [0.15, 0.2) is 0 Å². The number of hydrogen-bond acceptors (Lipinski definition) is 15. The molecule has 0 amide bonds. The van der Waals surface area contributed by atoms with E-state index >= 15 is 0 Å². The van der Waals surface area contributed by atoms with Gasteiger partial charge in [-0.15, -0.1) is 0 Å². The Bertz CT molecular complexity index is 2100. The fourth-order valence-corrected chi connectivity index (χ4v) is 15.7. The van der Waals surface area contributed by atoms with Crippen molar-refractivity contribution in [1.82, 2.24) is 0 Å². The van der Waals surface area contributed by atoms with E-state index in [0.29, 0.717) is 25.7 Å². The molecule has 0 fully saturated rings. The fraction of sp³-hybridized carbons (Fsp3) is 0.956. The number of carbonyl (C=O) groups is 4. The van der Waals surface area contributed by atoms with Crippen molar-refractivity contribution in [1.29, 1.82) is 0 Å². The van der Waals surface area contributed by atoms with E-state index in [1.807, 2.05) is 0 Å². The van der Waals surface area contributed by atoms with Crippen molar-refractivity contribution < 1.29 is 80.2 Å². The zero-order valence-electron chi connectivity index (χ0n) is 72.0. The van der Waals surface area contributed by atoms with Gasteiger partial charge in [-0.3, -0.25) is 37.3 Å². The van der Waals surface area contributed by atoms with Crippen LogP contribution in [0.25, 0.3) is 0 Å². The Morgan fingerprint density at radius 3 is 0.624 bits per heavy atom. The average Bonchev–Trinajstić information content (AvgIpc) is 0.907. The van der Waals surface area contributed by atoms with E-state index in [1.54, 1.807) is 0 Å². The van der Waals surface area contributed by atoms with Crippen LogP contribution in [-0.2, 0) is 65.4 Å². The molecule has 0 aromatic rings. The summed E-state index contributed by atoms with van der Waals surface area (Å²) in [4.78, 5) is 73.3. The highest BCUT2D eigenvalue weighted by molar-refractivity contribution is 7.47. The number of rotatable bonds is 88. The second kappa shape index (κ2) is 79.9. The van der Waals surface area contributed by atoms with Crippen LogP contribution >= 0.6 is 15.6 Å². The lowest BCUT2D eigenvalue weighted by molar-refractivity contribution is -0.161. The summed E-state index contributed by atoms with van der Waals surface area (Å²) >= 11 is 0. The number of aliphatic hydroxyl groups excluding tert-OH is 1. The zero-order chi connectivity index (χ0) is 80.0. The average molecular weight is 1590 g/mol. The molecule has 0 aliphatic carbocycles. The minimum absolute atomic E-state index is 0.108. The molecule has 0 bridgehead atoms. The lowest BCUT2D eigenvalue weighted by Gasteiger charge is -2.21. The van der Waals surface area contributed by atoms with Crippen molar-refractivity contribution in [3.8, 4) is 0 Å². The summed E-state index contributed by atoms with van der Waals surface area (Å²) in [5, 5.41) is 10.7. The van der Waals surface area contributed by atoms with Gasteiger partial charge in [-0.2, -0.15) is 0 Å². The van der Waals surface area contributed by atoms with Crippen molar-refractivity contribution in [3.63, 3.8) is 0 Å². The molecule has 17 nitrogen and oxygen atoms in total. The quantitative estimate of drug-likeness (QED) is 0.0222. The van der Waals surface area contributed by atoms with Crippen molar-refractivity contribution in [3.05, 3.63) is 0 Å². The first-order chi connectivity index (χ1) is 52.7. The molecule has 3 N–H and O–H groups in total. The van der Waals surface area contributed by atoms with Gasteiger partial charge in [0.15, 0.2) is 12.2 Å². The molecule has 0 radical (unpaired) electrons. The van der Waals surface area contributed by atoms with Gasteiger partial charge in [-0.1, -0.05) is 427 Å². The first-order valence-electron chi connectivity index (χ1n) is 46.3. The second-order valence-corrected chi connectivity index (χ2v) is 36.7. The van der Waals surface area contributed by atoms with Gasteiger partial charge in [0, 0.05) is 25.7 Å². The number of aliphatic hydroxyl groups is 1. The third-order valence-electron chi connectivity index (χ3n) is 21.1. The third kappa shape index (κ3) is 83.8. The van der Waals surface area contributed by atoms with Crippen LogP contribution < -0.4 is 0 Å². The van der Waals surface area contributed by atoms with Crippen LogP contribution in [0.2, 0.25) is 0 Å². The van der Waals surface area contributed by atoms with Crippen LogP contribution in [0.1, 0.15) is 479 Å². The summed E-state index contributed by atoms with van der Waals surface area (Å²) in [6.07, 6.45) is 72.3. The van der Waals surface area contributed by atoms with E-state index in [2.05, 4.69) is 48.5 Å². The van der Waals surface area contributed by atoms with E-state index in [9.17, 15) is 43.2 Å². The summed E-state index contributed by atoms with van der Waals surface area (Å²) in [7, 11) is -9.93. The number of phosphoric acid groups is 2. The number of hydrogen-bond donors (Lipinski definition) is 3. The number of esters is 4.